The maximum atomic E-state index is 12.4. The molecule has 0 unspecified atom stereocenters. The molecular weight excluding hydrogens is 244 g/mol. The largest absolute Gasteiger partial charge is 0.303 e. The fourth-order valence-corrected chi connectivity index (χ4v) is 2.96. The van der Waals surface area contributed by atoms with E-state index in [2.05, 4.69) is 0 Å². The Kier molecular flexibility index (Phi) is 4.05. The van der Waals surface area contributed by atoms with E-state index in [-0.39, 0.29) is 0 Å². The zero-order valence-corrected chi connectivity index (χ0v) is 10.9. The summed E-state index contributed by atoms with van der Waals surface area (Å²) in [5.41, 5.74) is 1.96. The molecule has 0 radical (unpaired) electrons. The normalized spacial score (nSPS) is 12.1. The van der Waals surface area contributed by atoms with Crippen LogP contribution in [0, 0.1) is 6.92 Å². The molecule has 1 atom stereocenters. The number of carbonyl (C=O) groups is 1. The molecule has 0 aliphatic carbocycles. The topological polar surface area (TPSA) is 34.1 Å². The minimum atomic E-state index is -1.23. The van der Waals surface area contributed by atoms with Crippen LogP contribution in [-0.2, 0) is 22.0 Å². The van der Waals surface area contributed by atoms with Crippen LogP contribution < -0.4 is 0 Å². The minimum absolute atomic E-state index is 0.299. The second-order valence-electron chi connectivity index (χ2n) is 4.06. The van der Waals surface area contributed by atoms with Crippen molar-refractivity contribution in [3.05, 3.63) is 59.7 Å². The molecule has 92 valence electrons. The number of benzene rings is 2. The summed E-state index contributed by atoms with van der Waals surface area (Å²) in [6.45, 7) is 1.99. The van der Waals surface area contributed by atoms with Gasteiger partial charge in [0.2, 0.25) is 0 Å². The first-order valence-electron chi connectivity index (χ1n) is 5.72. The predicted octanol–water partition coefficient (Wildman–Crippen LogP) is 2.90. The van der Waals surface area contributed by atoms with E-state index in [0.29, 0.717) is 11.3 Å². The van der Waals surface area contributed by atoms with E-state index < -0.39 is 10.8 Å². The van der Waals surface area contributed by atoms with E-state index in [1.165, 1.54) is 0 Å². The smallest absolute Gasteiger partial charge is 0.124 e. The van der Waals surface area contributed by atoms with Crippen LogP contribution >= 0.6 is 0 Å². The molecule has 2 aromatic carbocycles. The van der Waals surface area contributed by atoms with Crippen LogP contribution in [0.25, 0.3) is 0 Å². The predicted molar refractivity (Wildman–Crippen MR) is 72.1 cm³/mol. The van der Waals surface area contributed by atoms with Gasteiger partial charge < -0.3 is 4.79 Å². The van der Waals surface area contributed by atoms with Gasteiger partial charge in [-0.2, -0.15) is 0 Å². The number of aryl methyl sites for hydroxylation is 1. The number of hydrogen-bond donors (Lipinski definition) is 0. The summed E-state index contributed by atoms with van der Waals surface area (Å²) in [5, 5.41) is 0. The molecule has 2 nitrogen and oxygen atoms in total. The summed E-state index contributed by atoms with van der Waals surface area (Å²) in [7, 11) is -1.23. The van der Waals surface area contributed by atoms with E-state index in [1.54, 1.807) is 0 Å². The van der Waals surface area contributed by atoms with Crippen LogP contribution in [0.3, 0.4) is 0 Å². The van der Waals surface area contributed by atoms with E-state index in [4.69, 9.17) is 0 Å². The maximum absolute atomic E-state index is 12.4. The van der Waals surface area contributed by atoms with E-state index in [9.17, 15) is 9.00 Å². The van der Waals surface area contributed by atoms with Crippen LogP contribution in [0.15, 0.2) is 58.3 Å². The molecule has 0 saturated heterocycles. The molecule has 3 heteroatoms. The van der Waals surface area contributed by atoms with E-state index in [1.807, 2.05) is 55.5 Å². The van der Waals surface area contributed by atoms with E-state index >= 15 is 0 Å². The first kappa shape index (κ1) is 12.7. The van der Waals surface area contributed by atoms with Gasteiger partial charge in [-0.15, -0.1) is 0 Å². The monoisotopic (exact) mass is 258 g/mol. The van der Waals surface area contributed by atoms with Gasteiger partial charge in [-0.3, -0.25) is 0 Å². The molecule has 0 aromatic heterocycles. The van der Waals surface area contributed by atoms with Crippen LogP contribution in [0.4, 0.5) is 0 Å². The number of hydrogen-bond acceptors (Lipinski definition) is 2. The third kappa shape index (κ3) is 2.74. The Morgan fingerprint density at radius 2 is 1.72 bits per heavy atom. The minimum Gasteiger partial charge on any atom is -0.303 e. The third-order valence-electron chi connectivity index (χ3n) is 2.71. The van der Waals surface area contributed by atoms with Gasteiger partial charge in [0.05, 0.1) is 10.8 Å². The van der Waals surface area contributed by atoms with Gasteiger partial charge >= 0.3 is 0 Å². The molecule has 0 amide bonds. The molecule has 0 aliphatic rings. The maximum Gasteiger partial charge on any atom is 0.124 e. The summed E-state index contributed by atoms with van der Waals surface area (Å²) >= 11 is 0. The fourth-order valence-electron chi connectivity index (χ4n) is 1.73. The molecule has 18 heavy (non-hydrogen) atoms. The highest BCUT2D eigenvalue weighted by Gasteiger charge is 2.10. The molecule has 2 aromatic rings. The van der Waals surface area contributed by atoms with Crippen molar-refractivity contribution in [2.24, 2.45) is 0 Å². The Morgan fingerprint density at radius 1 is 1.06 bits per heavy atom. The Labute approximate surface area is 109 Å². The Bertz CT molecular complexity index is 573. The summed E-state index contributed by atoms with van der Waals surface area (Å²) < 4.78 is 12.4. The summed E-state index contributed by atoms with van der Waals surface area (Å²) in [6.07, 6.45) is 1.14. The van der Waals surface area contributed by atoms with Gasteiger partial charge in [0.15, 0.2) is 0 Å². The molecule has 0 aliphatic heterocycles. The summed E-state index contributed by atoms with van der Waals surface area (Å²) in [6, 6.07) is 15.0. The zero-order chi connectivity index (χ0) is 13.0. The Hall–Kier alpha value is -1.74. The zero-order valence-electron chi connectivity index (χ0n) is 10.1. The van der Waals surface area contributed by atoms with Gasteiger partial charge in [-0.05, 0) is 30.7 Å². The average Bonchev–Trinajstić information content (AvgIpc) is 2.40. The molecule has 0 saturated carbocycles. The Morgan fingerprint density at radius 3 is 2.39 bits per heavy atom. The van der Waals surface area contributed by atoms with Crippen LogP contribution in [0.2, 0.25) is 0 Å². The lowest BCUT2D eigenvalue weighted by Crippen LogP contribution is -1.99. The lowest BCUT2D eigenvalue weighted by atomic mass is 10.2. The number of aldehydes is 1. The Balaban J connectivity index is 2.39. The van der Waals surface area contributed by atoms with Crippen LogP contribution in [0.1, 0.15) is 11.1 Å². The van der Waals surface area contributed by atoms with Crippen molar-refractivity contribution < 1.29 is 9.00 Å². The fraction of sp³-hybridized carbons (Fsp3) is 0.133. The number of rotatable bonds is 4. The molecule has 0 bridgehead atoms. The van der Waals surface area contributed by atoms with Crippen LogP contribution in [-0.4, -0.2) is 10.5 Å². The van der Waals surface area contributed by atoms with Crippen LogP contribution in [0.5, 0.6) is 0 Å². The third-order valence-corrected chi connectivity index (χ3v) is 4.21. The number of carbonyl (C=O) groups excluding carboxylic acids is 1. The van der Waals surface area contributed by atoms with Gasteiger partial charge in [-0.25, -0.2) is 4.21 Å². The quantitative estimate of drug-likeness (QED) is 0.790. The van der Waals surface area contributed by atoms with Gasteiger partial charge in [0.25, 0.3) is 0 Å². The molecule has 0 heterocycles. The van der Waals surface area contributed by atoms with Gasteiger partial charge in [0.1, 0.15) is 6.29 Å². The standard InChI is InChI=1S/C15H14O2S/c1-12-6-8-14(9-7-12)18(17)15-5-3-2-4-13(15)10-11-16/h2-9,11H,10H2,1H3/t18-/m0/s1. The highest BCUT2D eigenvalue weighted by molar-refractivity contribution is 7.85. The molecular formula is C15H14O2S. The average molecular weight is 258 g/mol. The molecule has 2 rings (SSSR count). The van der Waals surface area contributed by atoms with Crippen molar-refractivity contribution in [1.29, 1.82) is 0 Å². The molecule has 0 fully saturated rings. The summed E-state index contributed by atoms with van der Waals surface area (Å²) in [5.74, 6) is 0. The SMILES string of the molecule is Cc1ccc([S@](=O)c2ccccc2CC=O)cc1. The lowest BCUT2D eigenvalue weighted by molar-refractivity contribution is -0.107. The summed E-state index contributed by atoms with van der Waals surface area (Å²) in [4.78, 5) is 12.1. The molecule has 0 N–H and O–H groups in total. The van der Waals surface area contributed by atoms with Gasteiger partial charge in [-0.1, -0.05) is 35.9 Å². The van der Waals surface area contributed by atoms with Gasteiger partial charge in [0, 0.05) is 16.2 Å². The van der Waals surface area contributed by atoms with Crippen molar-refractivity contribution >= 4 is 17.1 Å². The van der Waals surface area contributed by atoms with Crippen molar-refractivity contribution in [1.82, 2.24) is 0 Å². The second-order valence-corrected chi connectivity index (χ2v) is 5.51. The molecule has 0 spiro atoms. The van der Waals surface area contributed by atoms with Crippen molar-refractivity contribution in [2.45, 2.75) is 23.1 Å². The first-order chi connectivity index (χ1) is 8.72. The highest BCUT2D eigenvalue weighted by atomic mass is 32.2. The lowest BCUT2D eigenvalue weighted by Gasteiger charge is -2.07. The van der Waals surface area contributed by atoms with Crippen molar-refractivity contribution in [3.8, 4) is 0 Å². The van der Waals surface area contributed by atoms with E-state index in [0.717, 1.165) is 22.3 Å². The van der Waals surface area contributed by atoms with Crippen molar-refractivity contribution in [3.63, 3.8) is 0 Å². The van der Waals surface area contributed by atoms with Crippen molar-refractivity contribution in [2.75, 3.05) is 0 Å². The second kappa shape index (κ2) is 5.74. The highest BCUT2D eigenvalue weighted by Crippen LogP contribution is 2.20. The first-order valence-corrected chi connectivity index (χ1v) is 6.87.